The number of hydrogen-bond donors (Lipinski definition) is 1. The van der Waals surface area contributed by atoms with E-state index in [0.29, 0.717) is 33.8 Å². The number of carboxylic acid groups (broad SMARTS) is 1. The third-order valence-electron chi connectivity index (χ3n) is 2.88. The molecule has 6 heteroatoms. The zero-order valence-corrected chi connectivity index (χ0v) is 10.9. The molecule has 1 N–H and O–H groups in total. The molecule has 0 unspecified atom stereocenters. The predicted molar refractivity (Wildman–Crippen MR) is 69.2 cm³/mol. The van der Waals surface area contributed by atoms with Gasteiger partial charge in [0.05, 0.1) is 11.3 Å². The van der Waals surface area contributed by atoms with E-state index in [2.05, 4.69) is 10.1 Å². The van der Waals surface area contributed by atoms with Gasteiger partial charge < -0.3 is 9.63 Å². The summed E-state index contributed by atoms with van der Waals surface area (Å²) in [6.07, 6.45) is 2.24. The smallest absolute Gasteiger partial charge is 0.336 e. The molecule has 5 nitrogen and oxygen atoms in total. The van der Waals surface area contributed by atoms with Crippen LogP contribution in [0.4, 0.5) is 0 Å². The summed E-state index contributed by atoms with van der Waals surface area (Å²) in [7, 11) is 0. The Labute approximate surface area is 114 Å². The van der Waals surface area contributed by atoms with Gasteiger partial charge in [-0.05, 0) is 25.0 Å². The van der Waals surface area contributed by atoms with Gasteiger partial charge in [-0.1, -0.05) is 17.3 Å². The average molecular weight is 276 g/mol. The first-order chi connectivity index (χ1) is 9.24. The van der Waals surface area contributed by atoms with E-state index in [1.54, 1.807) is 18.2 Å². The van der Waals surface area contributed by atoms with Crippen molar-refractivity contribution in [2.45, 2.75) is 29.4 Å². The van der Waals surface area contributed by atoms with E-state index in [1.807, 2.05) is 6.07 Å². The fourth-order valence-corrected chi connectivity index (χ4v) is 2.62. The molecule has 1 aliphatic carbocycles. The highest BCUT2D eigenvalue weighted by molar-refractivity contribution is 7.98. The number of aromatic carboxylic acids is 1. The van der Waals surface area contributed by atoms with Crippen LogP contribution in [0.25, 0.3) is 0 Å². The standard InChI is InChI=1S/C13H12N2O3S/c16-13(17)9-3-1-2-4-10(9)19-7-11-14-12(18-15-11)8-5-6-8/h1-4,8H,5-7H2,(H,16,17). The summed E-state index contributed by atoms with van der Waals surface area (Å²) in [5.74, 6) is 1.36. The molecule has 0 bridgehead atoms. The highest BCUT2D eigenvalue weighted by Gasteiger charge is 2.29. The lowest BCUT2D eigenvalue weighted by molar-refractivity contribution is 0.0693. The molecular weight excluding hydrogens is 264 g/mol. The SMILES string of the molecule is O=C(O)c1ccccc1SCc1noc(C2CC2)n1. The Morgan fingerprint density at radius 3 is 2.95 bits per heavy atom. The van der Waals surface area contributed by atoms with Crippen LogP contribution in [-0.2, 0) is 5.75 Å². The van der Waals surface area contributed by atoms with Crippen LogP contribution in [0.5, 0.6) is 0 Å². The van der Waals surface area contributed by atoms with E-state index in [-0.39, 0.29) is 0 Å². The Hall–Kier alpha value is -1.82. The maximum atomic E-state index is 11.1. The van der Waals surface area contributed by atoms with E-state index in [1.165, 1.54) is 11.8 Å². The molecule has 0 amide bonds. The molecule has 1 aromatic heterocycles. The lowest BCUT2D eigenvalue weighted by Gasteiger charge is -2.02. The van der Waals surface area contributed by atoms with Crippen LogP contribution in [0, 0.1) is 0 Å². The Kier molecular flexibility index (Phi) is 3.25. The predicted octanol–water partition coefficient (Wildman–Crippen LogP) is 2.94. The second-order valence-corrected chi connectivity index (χ2v) is 5.43. The van der Waals surface area contributed by atoms with Crippen molar-refractivity contribution in [3.63, 3.8) is 0 Å². The molecule has 2 aromatic rings. The fourth-order valence-electron chi connectivity index (χ4n) is 1.73. The lowest BCUT2D eigenvalue weighted by atomic mass is 10.2. The van der Waals surface area contributed by atoms with Gasteiger partial charge in [0.1, 0.15) is 0 Å². The van der Waals surface area contributed by atoms with Crippen molar-refractivity contribution in [1.29, 1.82) is 0 Å². The van der Waals surface area contributed by atoms with Crippen molar-refractivity contribution >= 4 is 17.7 Å². The van der Waals surface area contributed by atoms with Gasteiger partial charge in [-0.3, -0.25) is 0 Å². The number of carboxylic acids is 1. The molecule has 3 rings (SSSR count). The number of nitrogens with zero attached hydrogens (tertiary/aromatic N) is 2. The van der Waals surface area contributed by atoms with Gasteiger partial charge in [-0.2, -0.15) is 4.98 Å². The van der Waals surface area contributed by atoms with Crippen LogP contribution in [0.1, 0.15) is 40.8 Å². The highest BCUT2D eigenvalue weighted by atomic mass is 32.2. The molecule has 0 radical (unpaired) electrons. The average Bonchev–Trinajstić information content (AvgIpc) is 3.16. The third kappa shape index (κ3) is 2.78. The monoisotopic (exact) mass is 276 g/mol. The van der Waals surface area contributed by atoms with Gasteiger partial charge in [0.15, 0.2) is 5.82 Å². The number of carbonyl (C=O) groups is 1. The van der Waals surface area contributed by atoms with E-state index < -0.39 is 5.97 Å². The normalized spacial score (nSPS) is 14.5. The Balaban J connectivity index is 1.69. The number of thioether (sulfide) groups is 1. The zero-order valence-electron chi connectivity index (χ0n) is 10.1. The highest BCUT2D eigenvalue weighted by Crippen LogP contribution is 2.39. The van der Waals surface area contributed by atoms with Crippen LogP contribution in [0.15, 0.2) is 33.7 Å². The molecule has 0 spiro atoms. The van der Waals surface area contributed by atoms with Crippen molar-refractivity contribution in [1.82, 2.24) is 10.1 Å². The number of benzene rings is 1. The zero-order chi connectivity index (χ0) is 13.2. The topological polar surface area (TPSA) is 76.2 Å². The van der Waals surface area contributed by atoms with Crippen LogP contribution in [-0.4, -0.2) is 21.2 Å². The Morgan fingerprint density at radius 1 is 1.42 bits per heavy atom. The van der Waals surface area contributed by atoms with Crippen molar-refractivity contribution in [3.8, 4) is 0 Å². The summed E-state index contributed by atoms with van der Waals surface area (Å²) in [6.45, 7) is 0. The molecule has 1 aliphatic rings. The summed E-state index contributed by atoms with van der Waals surface area (Å²) in [4.78, 5) is 16.1. The maximum absolute atomic E-state index is 11.1. The van der Waals surface area contributed by atoms with Gasteiger partial charge in [0.2, 0.25) is 5.89 Å². The van der Waals surface area contributed by atoms with E-state index in [4.69, 9.17) is 9.63 Å². The van der Waals surface area contributed by atoms with E-state index >= 15 is 0 Å². The summed E-state index contributed by atoms with van der Waals surface area (Å²) >= 11 is 1.41. The summed E-state index contributed by atoms with van der Waals surface area (Å²) in [5, 5.41) is 13.0. The first kappa shape index (κ1) is 12.2. The first-order valence-corrected chi connectivity index (χ1v) is 7.00. The molecule has 1 aromatic carbocycles. The van der Waals surface area contributed by atoms with E-state index in [9.17, 15) is 4.79 Å². The van der Waals surface area contributed by atoms with Crippen molar-refractivity contribution in [2.75, 3.05) is 0 Å². The largest absolute Gasteiger partial charge is 0.478 e. The van der Waals surface area contributed by atoms with Crippen molar-refractivity contribution in [3.05, 3.63) is 41.5 Å². The number of rotatable bonds is 5. The number of aromatic nitrogens is 2. The van der Waals surface area contributed by atoms with Gasteiger partial charge in [0, 0.05) is 10.8 Å². The molecular formula is C13H12N2O3S. The van der Waals surface area contributed by atoms with Gasteiger partial charge in [-0.15, -0.1) is 11.8 Å². The quantitative estimate of drug-likeness (QED) is 0.846. The van der Waals surface area contributed by atoms with Crippen molar-refractivity contribution in [2.24, 2.45) is 0 Å². The Morgan fingerprint density at radius 2 is 2.21 bits per heavy atom. The summed E-state index contributed by atoms with van der Waals surface area (Å²) < 4.78 is 5.16. The van der Waals surface area contributed by atoms with Gasteiger partial charge in [-0.25, -0.2) is 4.79 Å². The second kappa shape index (κ2) is 5.05. The summed E-state index contributed by atoms with van der Waals surface area (Å²) in [6, 6.07) is 6.92. The third-order valence-corrected chi connectivity index (χ3v) is 3.95. The molecule has 0 saturated heterocycles. The minimum Gasteiger partial charge on any atom is -0.478 e. The molecule has 0 aliphatic heterocycles. The minimum absolute atomic E-state index is 0.304. The van der Waals surface area contributed by atoms with Gasteiger partial charge >= 0.3 is 5.97 Å². The van der Waals surface area contributed by atoms with Crippen LogP contribution in [0.3, 0.4) is 0 Å². The molecule has 0 atom stereocenters. The fraction of sp³-hybridized carbons (Fsp3) is 0.308. The minimum atomic E-state index is -0.921. The second-order valence-electron chi connectivity index (χ2n) is 4.41. The van der Waals surface area contributed by atoms with Gasteiger partial charge in [0.25, 0.3) is 0 Å². The number of hydrogen-bond acceptors (Lipinski definition) is 5. The van der Waals surface area contributed by atoms with E-state index in [0.717, 1.165) is 12.8 Å². The lowest BCUT2D eigenvalue weighted by Crippen LogP contribution is -1.98. The maximum Gasteiger partial charge on any atom is 0.336 e. The Bertz CT molecular complexity index is 607. The van der Waals surface area contributed by atoms with Crippen LogP contribution in [0.2, 0.25) is 0 Å². The van der Waals surface area contributed by atoms with Crippen LogP contribution < -0.4 is 0 Å². The molecule has 98 valence electrons. The molecule has 19 heavy (non-hydrogen) atoms. The molecule has 1 fully saturated rings. The summed E-state index contributed by atoms with van der Waals surface area (Å²) in [5.41, 5.74) is 0.304. The molecule has 1 heterocycles. The first-order valence-electron chi connectivity index (χ1n) is 6.01. The molecule has 1 saturated carbocycles. The van der Waals surface area contributed by atoms with Crippen LogP contribution >= 0.6 is 11.8 Å². The van der Waals surface area contributed by atoms with Crippen molar-refractivity contribution < 1.29 is 14.4 Å².